The second kappa shape index (κ2) is 5.83. The minimum Gasteiger partial charge on any atom is -0.311 e. The number of thiophene rings is 1. The predicted octanol–water partition coefficient (Wildman–Crippen LogP) is 3.85. The Balaban J connectivity index is 1.72. The van der Waals surface area contributed by atoms with Crippen molar-refractivity contribution in [2.45, 2.75) is 58.0 Å². The first kappa shape index (κ1) is 12.1. The molecule has 1 nitrogen and oxygen atoms in total. The van der Waals surface area contributed by atoms with Gasteiger partial charge in [-0.3, -0.25) is 0 Å². The summed E-state index contributed by atoms with van der Waals surface area (Å²) in [5.41, 5.74) is 0. The highest BCUT2D eigenvalue weighted by molar-refractivity contribution is 7.09. The molecular weight excluding hydrogens is 214 g/mol. The summed E-state index contributed by atoms with van der Waals surface area (Å²) in [7, 11) is 0. The lowest BCUT2D eigenvalue weighted by molar-refractivity contribution is 0.290. The zero-order chi connectivity index (χ0) is 11.4. The minimum atomic E-state index is 0.622. The van der Waals surface area contributed by atoms with Crippen LogP contribution in [0, 0.1) is 5.92 Å². The van der Waals surface area contributed by atoms with Crippen molar-refractivity contribution in [1.82, 2.24) is 5.32 Å². The van der Waals surface area contributed by atoms with Crippen LogP contribution in [0.1, 0.15) is 44.4 Å². The smallest absolute Gasteiger partial charge is 0.00896 e. The van der Waals surface area contributed by atoms with E-state index in [-0.39, 0.29) is 0 Å². The molecule has 1 aromatic rings. The SMILES string of the molecule is CC1CCC(NC(C)Cc2cccs2)CC1. The normalized spacial score (nSPS) is 27.9. The molecule has 1 N–H and O–H groups in total. The van der Waals surface area contributed by atoms with Crippen LogP contribution in [0.3, 0.4) is 0 Å². The summed E-state index contributed by atoms with van der Waals surface area (Å²) in [4.78, 5) is 1.50. The van der Waals surface area contributed by atoms with Crippen molar-refractivity contribution < 1.29 is 0 Å². The Labute approximate surface area is 103 Å². The maximum absolute atomic E-state index is 3.78. The summed E-state index contributed by atoms with van der Waals surface area (Å²) in [5.74, 6) is 0.950. The van der Waals surface area contributed by atoms with Gasteiger partial charge in [-0.05, 0) is 56.4 Å². The van der Waals surface area contributed by atoms with Crippen LogP contribution in [0.4, 0.5) is 0 Å². The molecule has 1 saturated carbocycles. The Bertz CT molecular complexity index is 286. The molecule has 0 amide bonds. The lowest BCUT2D eigenvalue weighted by Crippen LogP contribution is -2.39. The van der Waals surface area contributed by atoms with Crippen LogP contribution in [0.5, 0.6) is 0 Å². The highest BCUT2D eigenvalue weighted by Crippen LogP contribution is 2.24. The van der Waals surface area contributed by atoms with Gasteiger partial charge in [-0.25, -0.2) is 0 Å². The summed E-state index contributed by atoms with van der Waals surface area (Å²) >= 11 is 1.87. The molecule has 0 bridgehead atoms. The van der Waals surface area contributed by atoms with E-state index in [0.717, 1.165) is 12.0 Å². The van der Waals surface area contributed by atoms with Crippen molar-refractivity contribution in [3.63, 3.8) is 0 Å². The Morgan fingerprint density at radius 1 is 1.38 bits per heavy atom. The minimum absolute atomic E-state index is 0.622. The monoisotopic (exact) mass is 237 g/mol. The second-order valence-corrected chi connectivity index (χ2v) is 6.34. The number of hydrogen-bond acceptors (Lipinski definition) is 2. The summed E-state index contributed by atoms with van der Waals surface area (Å²) in [5, 5.41) is 5.96. The Morgan fingerprint density at radius 3 is 2.75 bits per heavy atom. The van der Waals surface area contributed by atoms with Gasteiger partial charge in [0.2, 0.25) is 0 Å². The zero-order valence-electron chi connectivity index (χ0n) is 10.4. The van der Waals surface area contributed by atoms with Gasteiger partial charge < -0.3 is 5.32 Å². The average molecular weight is 237 g/mol. The standard InChI is InChI=1S/C14H23NS/c1-11-5-7-13(8-6-11)15-12(2)10-14-4-3-9-16-14/h3-4,9,11-13,15H,5-8,10H2,1-2H3. The summed E-state index contributed by atoms with van der Waals surface area (Å²) in [6.45, 7) is 4.70. The molecule has 2 heteroatoms. The fourth-order valence-electron chi connectivity index (χ4n) is 2.62. The summed E-state index contributed by atoms with van der Waals surface area (Å²) < 4.78 is 0. The van der Waals surface area contributed by atoms with Crippen LogP contribution in [0.15, 0.2) is 17.5 Å². The lowest BCUT2D eigenvalue weighted by Gasteiger charge is -2.29. The molecule has 90 valence electrons. The van der Waals surface area contributed by atoms with Crippen molar-refractivity contribution in [2.24, 2.45) is 5.92 Å². The van der Waals surface area contributed by atoms with E-state index >= 15 is 0 Å². The maximum Gasteiger partial charge on any atom is 0.00896 e. The van der Waals surface area contributed by atoms with E-state index in [1.165, 1.54) is 37.0 Å². The third kappa shape index (κ3) is 3.60. The average Bonchev–Trinajstić information content (AvgIpc) is 2.74. The Morgan fingerprint density at radius 2 is 2.12 bits per heavy atom. The van der Waals surface area contributed by atoms with E-state index in [0.29, 0.717) is 6.04 Å². The molecule has 0 saturated heterocycles. The van der Waals surface area contributed by atoms with Crippen molar-refractivity contribution in [3.8, 4) is 0 Å². The fourth-order valence-corrected chi connectivity index (χ4v) is 3.45. The topological polar surface area (TPSA) is 12.0 Å². The molecular formula is C14H23NS. The van der Waals surface area contributed by atoms with Crippen LogP contribution >= 0.6 is 11.3 Å². The molecule has 0 spiro atoms. The summed E-state index contributed by atoms with van der Waals surface area (Å²) in [6, 6.07) is 5.78. The molecule has 1 aromatic heterocycles. The molecule has 1 heterocycles. The van der Waals surface area contributed by atoms with Crippen molar-refractivity contribution >= 4 is 11.3 Å². The van der Waals surface area contributed by atoms with Gasteiger partial charge in [0, 0.05) is 17.0 Å². The van der Waals surface area contributed by atoms with Gasteiger partial charge in [0.1, 0.15) is 0 Å². The van der Waals surface area contributed by atoms with E-state index in [4.69, 9.17) is 0 Å². The lowest BCUT2D eigenvalue weighted by atomic mass is 9.87. The van der Waals surface area contributed by atoms with Gasteiger partial charge >= 0.3 is 0 Å². The van der Waals surface area contributed by atoms with E-state index < -0.39 is 0 Å². The fraction of sp³-hybridized carbons (Fsp3) is 0.714. The van der Waals surface area contributed by atoms with Gasteiger partial charge in [-0.1, -0.05) is 13.0 Å². The van der Waals surface area contributed by atoms with Crippen LogP contribution in [0.2, 0.25) is 0 Å². The molecule has 0 aromatic carbocycles. The maximum atomic E-state index is 3.78. The first-order valence-corrected chi connectivity index (χ1v) is 7.40. The molecule has 1 aliphatic carbocycles. The largest absolute Gasteiger partial charge is 0.311 e. The highest BCUT2D eigenvalue weighted by Gasteiger charge is 2.19. The molecule has 2 rings (SSSR count). The van der Waals surface area contributed by atoms with Crippen LogP contribution < -0.4 is 5.32 Å². The molecule has 1 atom stereocenters. The van der Waals surface area contributed by atoms with E-state index in [1.54, 1.807) is 0 Å². The summed E-state index contributed by atoms with van der Waals surface area (Å²) in [6.07, 6.45) is 6.74. The van der Waals surface area contributed by atoms with Gasteiger partial charge in [-0.2, -0.15) is 0 Å². The van der Waals surface area contributed by atoms with Gasteiger partial charge in [-0.15, -0.1) is 11.3 Å². The third-order valence-electron chi connectivity index (χ3n) is 3.62. The van der Waals surface area contributed by atoms with E-state index in [9.17, 15) is 0 Å². The van der Waals surface area contributed by atoms with Gasteiger partial charge in [0.15, 0.2) is 0 Å². The van der Waals surface area contributed by atoms with Crippen molar-refractivity contribution in [3.05, 3.63) is 22.4 Å². The van der Waals surface area contributed by atoms with Gasteiger partial charge in [0.25, 0.3) is 0 Å². The van der Waals surface area contributed by atoms with Crippen LogP contribution in [-0.4, -0.2) is 12.1 Å². The van der Waals surface area contributed by atoms with Gasteiger partial charge in [0.05, 0.1) is 0 Å². The highest BCUT2D eigenvalue weighted by atomic mass is 32.1. The molecule has 1 unspecified atom stereocenters. The van der Waals surface area contributed by atoms with Crippen LogP contribution in [-0.2, 0) is 6.42 Å². The quantitative estimate of drug-likeness (QED) is 0.839. The number of hydrogen-bond donors (Lipinski definition) is 1. The molecule has 1 aliphatic rings. The van der Waals surface area contributed by atoms with E-state index in [2.05, 4.69) is 36.7 Å². The first-order valence-electron chi connectivity index (χ1n) is 6.52. The molecule has 0 radical (unpaired) electrons. The van der Waals surface area contributed by atoms with E-state index in [1.807, 2.05) is 11.3 Å². The van der Waals surface area contributed by atoms with Crippen LogP contribution in [0.25, 0.3) is 0 Å². The Hall–Kier alpha value is -0.340. The molecule has 0 aliphatic heterocycles. The molecule has 1 fully saturated rings. The second-order valence-electron chi connectivity index (χ2n) is 5.31. The predicted molar refractivity (Wildman–Crippen MR) is 72.0 cm³/mol. The zero-order valence-corrected chi connectivity index (χ0v) is 11.2. The third-order valence-corrected chi connectivity index (χ3v) is 4.52. The first-order chi connectivity index (χ1) is 7.74. The van der Waals surface area contributed by atoms with Crippen molar-refractivity contribution in [2.75, 3.05) is 0 Å². The molecule has 16 heavy (non-hydrogen) atoms. The van der Waals surface area contributed by atoms with Crippen molar-refractivity contribution in [1.29, 1.82) is 0 Å². The Kier molecular flexibility index (Phi) is 4.42. The number of nitrogens with one attached hydrogen (secondary N) is 1. The number of rotatable bonds is 4.